The van der Waals surface area contributed by atoms with E-state index in [-0.39, 0.29) is 36.6 Å². The molecule has 1 aliphatic rings. The molecule has 0 saturated carbocycles. The first-order valence-electron chi connectivity index (χ1n) is 8.87. The van der Waals surface area contributed by atoms with E-state index in [0.29, 0.717) is 35.0 Å². The lowest BCUT2D eigenvalue weighted by Crippen LogP contribution is -2.46. The number of carbonyl (C=O) groups is 1. The van der Waals surface area contributed by atoms with E-state index in [4.69, 9.17) is 32.4 Å². The summed E-state index contributed by atoms with van der Waals surface area (Å²) in [5.74, 6) is -0.0237. The van der Waals surface area contributed by atoms with Crippen molar-refractivity contribution in [2.24, 2.45) is 0 Å². The maximum Gasteiger partial charge on any atom is 0.522 e. The Morgan fingerprint density at radius 2 is 2.03 bits per heavy atom. The number of ether oxygens (including phenoxy) is 2. The first kappa shape index (κ1) is 22.6. The molecule has 2 heterocycles. The second-order valence-electron chi connectivity index (χ2n) is 6.39. The molecule has 0 unspecified atom stereocenters. The highest BCUT2D eigenvalue weighted by atomic mass is 35.5. The predicted molar refractivity (Wildman–Crippen MR) is 99.5 cm³/mol. The van der Waals surface area contributed by atoms with Crippen molar-refractivity contribution in [2.45, 2.75) is 31.3 Å². The van der Waals surface area contributed by atoms with Gasteiger partial charge in [-0.25, -0.2) is 0 Å². The van der Waals surface area contributed by atoms with Crippen molar-refractivity contribution in [3.8, 4) is 6.08 Å². The Labute approximate surface area is 179 Å². The number of aromatic nitrogens is 2. The number of amides is 1. The smallest absolute Gasteiger partial charge is 0.447 e. The van der Waals surface area contributed by atoms with Gasteiger partial charge in [0, 0.05) is 18.2 Å². The Kier molecular flexibility index (Phi) is 7.40. The van der Waals surface area contributed by atoms with Gasteiger partial charge in [-0.2, -0.15) is 0 Å². The van der Waals surface area contributed by atoms with Crippen LogP contribution in [0.4, 0.5) is 13.2 Å². The maximum absolute atomic E-state index is 12.3. The van der Waals surface area contributed by atoms with Crippen molar-refractivity contribution in [2.75, 3.05) is 19.8 Å². The van der Waals surface area contributed by atoms with Crippen LogP contribution in [0.5, 0.6) is 6.08 Å². The number of alkyl halides is 3. The summed E-state index contributed by atoms with van der Waals surface area (Å²) in [4.78, 5) is 12.3. The minimum absolute atomic E-state index is 0.124. The van der Waals surface area contributed by atoms with Gasteiger partial charge in [0.15, 0.2) is 0 Å². The van der Waals surface area contributed by atoms with Gasteiger partial charge in [-0.05, 0) is 31.0 Å². The molecule has 0 radical (unpaired) electrons. The van der Waals surface area contributed by atoms with E-state index in [1.807, 2.05) is 0 Å². The van der Waals surface area contributed by atoms with Crippen molar-refractivity contribution in [3.63, 3.8) is 0 Å². The van der Waals surface area contributed by atoms with Gasteiger partial charge in [0.25, 0.3) is 5.91 Å². The number of benzene rings is 1. The molecule has 0 aliphatic carbocycles. The molecule has 1 saturated heterocycles. The lowest BCUT2D eigenvalue weighted by Gasteiger charge is -2.28. The van der Waals surface area contributed by atoms with Crippen LogP contribution >= 0.6 is 23.2 Å². The van der Waals surface area contributed by atoms with E-state index >= 15 is 0 Å². The van der Waals surface area contributed by atoms with Crippen LogP contribution in [0.2, 0.25) is 10.0 Å². The summed E-state index contributed by atoms with van der Waals surface area (Å²) in [5, 5.41) is 14.2. The topological polar surface area (TPSA) is 98.5 Å². The van der Waals surface area contributed by atoms with Crippen molar-refractivity contribution in [3.05, 3.63) is 39.7 Å². The first-order valence-corrected chi connectivity index (χ1v) is 9.63. The second-order valence-corrected chi connectivity index (χ2v) is 7.20. The van der Waals surface area contributed by atoms with Gasteiger partial charge in [-0.1, -0.05) is 28.3 Å². The zero-order chi connectivity index (χ0) is 21.7. The van der Waals surface area contributed by atoms with Crippen LogP contribution in [0, 0.1) is 0 Å². The molecule has 13 heteroatoms. The number of nitrogens with zero attached hydrogens (tertiary/aromatic N) is 2. The molecule has 30 heavy (non-hydrogen) atoms. The highest BCUT2D eigenvalue weighted by molar-refractivity contribution is 6.42. The molecule has 3 rings (SSSR count). The van der Waals surface area contributed by atoms with Gasteiger partial charge in [0.1, 0.15) is 6.61 Å². The minimum atomic E-state index is -4.72. The van der Waals surface area contributed by atoms with Gasteiger partial charge < -0.3 is 19.8 Å². The molecular formula is C17H17Cl2F3N4O4. The average Bonchev–Trinajstić information content (AvgIpc) is 3.16. The Morgan fingerprint density at radius 3 is 2.70 bits per heavy atom. The first-order chi connectivity index (χ1) is 14.2. The van der Waals surface area contributed by atoms with E-state index in [9.17, 15) is 18.0 Å². The van der Waals surface area contributed by atoms with Gasteiger partial charge >= 0.3 is 12.4 Å². The summed E-state index contributed by atoms with van der Waals surface area (Å²) in [6, 6.07) is 4.25. The lowest BCUT2D eigenvalue weighted by molar-refractivity contribution is -0.325. The number of nitrogens with one attached hydrogen (secondary N) is 2. The number of halogens is 5. The second kappa shape index (κ2) is 9.82. The molecule has 0 bridgehead atoms. The molecule has 1 aliphatic heterocycles. The number of hydrogen-bond acceptors (Lipinski definition) is 7. The molecule has 1 fully saturated rings. The zero-order valence-corrected chi connectivity index (χ0v) is 16.9. The van der Waals surface area contributed by atoms with Crippen LogP contribution in [0.15, 0.2) is 22.6 Å². The minimum Gasteiger partial charge on any atom is -0.447 e. The molecule has 1 aromatic heterocycles. The highest BCUT2D eigenvalue weighted by Crippen LogP contribution is 2.25. The highest BCUT2D eigenvalue weighted by Gasteiger charge is 2.29. The molecule has 8 nitrogen and oxygen atoms in total. The average molecular weight is 469 g/mol. The largest absolute Gasteiger partial charge is 0.522 e. The predicted octanol–water partition coefficient (Wildman–Crippen LogP) is 3.51. The molecule has 0 spiro atoms. The molecule has 2 atom stereocenters. The normalized spacial score (nSPS) is 19.5. The number of hydrogen-bond donors (Lipinski definition) is 2. The maximum atomic E-state index is 12.3. The van der Waals surface area contributed by atoms with Crippen LogP contribution in [0.1, 0.15) is 35.1 Å². The van der Waals surface area contributed by atoms with Gasteiger partial charge in [0.05, 0.1) is 22.7 Å². The summed E-state index contributed by atoms with van der Waals surface area (Å²) < 4.78 is 49.5. The summed E-state index contributed by atoms with van der Waals surface area (Å²) >= 11 is 11.8. The van der Waals surface area contributed by atoms with Gasteiger partial charge in [-0.3, -0.25) is 9.53 Å². The van der Waals surface area contributed by atoms with Gasteiger partial charge in [-0.15, -0.1) is 18.3 Å². The fourth-order valence-corrected chi connectivity index (χ4v) is 3.10. The van der Waals surface area contributed by atoms with Crippen LogP contribution in [-0.2, 0) is 4.74 Å². The fourth-order valence-electron chi connectivity index (χ4n) is 2.80. The third kappa shape index (κ3) is 6.46. The van der Waals surface area contributed by atoms with E-state index in [2.05, 4.69) is 25.6 Å². The summed E-state index contributed by atoms with van der Waals surface area (Å²) in [7, 11) is 0. The Balaban J connectivity index is 1.43. The molecule has 1 amide bonds. The van der Waals surface area contributed by atoms with Crippen LogP contribution in [0.3, 0.4) is 0 Å². The van der Waals surface area contributed by atoms with E-state index in [1.54, 1.807) is 12.1 Å². The summed E-state index contributed by atoms with van der Waals surface area (Å²) in [5.41, 5.74) is 0.403. The Hall–Kier alpha value is -2.08. The zero-order valence-electron chi connectivity index (χ0n) is 15.3. The fraction of sp³-hybridized carbons (Fsp3) is 0.471. The van der Waals surface area contributed by atoms with Crippen LogP contribution in [0.25, 0.3) is 0 Å². The van der Waals surface area contributed by atoms with Gasteiger partial charge in [0.2, 0.25) is 5.89 Å². The van der Waals surface area contributed by atoms with Crippen molar-refractivity contribution < 1.29 is 31.9 Å². The van der Waals surface area contributed by atoms with Crippen molar-refractivity contribution >= 4 is 29.1 Å². The Morgan fingerprint density at radius 1 is 1.23 bits per heavy atom. The SMILES string of the molecule is O=C(N[C@@H]1CC[C@@H](c2nnc(OCCOC(F)(F)F)o2)NC1)c1ccc(Cl)c(Cl)c1. The van der Waals surface area contributed by atoms with Crippen molar-refractivity contribution in [1.82, 2.24) is 20.8 Å². The Bertz CT molecular complexity index is 873. The number of piperidine rings is 1. The number of rotatable bonds is 7. The summed E-state index contributed by atoms with van der Waals surface area (Å²) in [6.07, 6.45) is -3.73. The van der Waals surface area contributed by atoms with Crippen LogP contribution in [-0.4, -0.2) is 48.3 Å². The van der Waals surface area contributed by atoms with Crippen LogP contribution < -0.4 is 15.4 Å². The monoisotopic (exact) mass is 468 g/mol. The molecule has 1 aromatic carbocycles. The quantitative estimate of drug-likeness (QED) is 0.599. The number of carbonyl (C=O) groups excluding carboxylic acids is 1. The molecular weight excluding hydrogens is 452 g/mol. The van der Waals surface area contributed by atoms with E-state index in [0.717, 1.165) is 0 Å². The third-order valence-electron chi connectivity index (χ3n) is 4.23. The van der Waals surface area contributed by atoms with Crippen molar-refractivity contribution in [1.29, 1.82) is 0 Å². The summed E-state index contributed by atoms with van der Waals surface area (Å²) in [6.45, 7) is -0.624. The van der Waals surface area contributed by atoms with E-state index in [1.165, 1.54) is 6.07 Å². The standard InChI is InChI=1S/C17H17Cl2F3N4O4/c18-11-3-1-9(7-12(11)19)14(27)24-10-2-4-13(23-8-10)15-25-26-16(30-15)28-5-6-29-17(20,21)22/h1,3,7,10,13,23H,2,4-6,8H2,(H,24,27)/t10-,13+/m1/s1. The molecule has 164 valence electrons. The van der Waals surface area contributed by atoms with E-state index < -0.39 is 13.0 Å². The third-order valence-corrected chi connectivity index (χ3v) is 4.97. The molecule has 2 N–H and O–H groups in total. The molecule has 2 aromatic rings. The lowest BCUT2D eigenvalue weighted by atomic mass is 10.0.